The molecule has 0 fully saturated rings. The molecule has 0 saturated carbocycles. The molecule has 0 unspecified atom stereocenters. The summed E-state index contributed by atoms with van der Waals surface area (Å²) < 4.78 is 28.0. The van der Waals surface area contributed by atoms with Crippen LogP contribution in [0.2, 0.25) is 0 Å². The summed E-state index contributed by atoms with van der Waals surface area (Å²) in [4.78, 5) is 0.889. The number of para-hydroxylation sites is 1. The fraction of sp³-hybridized carbons (Fsp3) is 0.100. The molecule has 0 aliphatic carbocycles. The Hall–Kier alpha value is -2.24. The van der Waals surface area contributed by atoms with Crippen LogP contribution in [0, 0.1) is 6.92 Å². The van der Waals surface area contributed by atoms with E-state index in [1.807, 2.05) is 49.4 Å². The van der Waals surface area contributed by atoms with Crippen LogP contribution in [0.5, 0.6) is 0 Å². The van der Waals surface area contributed by atoms with Gasteiger partial charge in [0.25, 0.3) is 10.0 Å². The SMILES string of the molecule is Cc1ccc(S(=O)(=O)N(Cc2ccccc2)c2ccccc2S)cc1. The predicted octanol–water partition coefficient (Wildman–Crippen LogP) is 4.68. The largest absolute Gasteiger partial charge is 0.264 e. The van der Waals surface area contributed by atoms with Crippen molar-refractivity contribution >= 4 is 28.3 Å². The molecular weight excluding hydrogens is 350 g/mol. The molecule has 0 radical (unpaired) electrons. The molecule has 0 saturated heterocycles. The third-order valence-electron chi connectivity index (χ3n) is 3.93. The summed E-state index contributed by atoms with van der Waals surface area (Å²) in [6, 6.07) is 23.7. The number of rotatable bonds is 5. The van der Waals surface area contributed by atoms with Gasteiger partial charge in [0.1, 0.15) is 0 Å². The van der Waals surface area contributed by atoms with Gasteiger partial charge in [-0.05, 0) is 36.8 Å². The molecule has 0 aromatic heterocycles. The fourth-order valence-corrected chi connectivity index (χ4v) is 4.38. The highest BCUT2D eigenvalue weighted by atomic mass is 32.2. The second kappa shape index (κ2) is 7.33. The summed E-state index contributed by atoms with van der Waals surface area (Å²) in [5, 5.41) is 0. The molecule has 0 N–H and O–H groups in total. The molecule has 128 valence electrons. The summed E-state index contributed by atoms with van der Waals surface area (Å²) in [5.41, 5.74) is 2.49. The smallest absolute Gasteiger partial charge is 0.261 e. The van der Waals surface area contributed by atoms with Gasteiger partial charge in [-0.1, -0.05) is 60.2 Å². The van der Waals surface area contributed by atoms with Gasteiger partial charge >= 0.3 is 0 Å². The lowest BCUT2D eigenvalue weighted by molar-refractivity contribution is 0.590. The van der Waals surface area contributed by atoms with Gasteiger partial charge in [0.05, 0.1) is 17.1 Å². The number of nitrogens with zero attached hydrogens (tertiary/aromatic N) is 1. The number of hydrogen-bond acceptors (Lipinski definition) is 3. The Kier molecular flexibility index (Phi) is 5.16. The molecule has 0 bridgehead atoms. The first-order valence-corrected chi connectivity index (χ1v) is 9.78. The van der Waals surface area contributed by atoms with Gasteiger partial charge < -0.3 is 0 Å². The lowest BCUT2D eigenvalue weighted by Crippen LogP contribution is -2.31. The normalized spacial score (nSPS) is 11.3. The Bertz CT molecular complexity index is 953. The first-order valence-electron chi connectivity index (χ1n) is 7.90. The first-order chi connectivity index (χ1) is 12.0. The maximum Gasteiger partial charge on any atom is 0.264 e. The average Bonchev–Trinajstić information content (AvgIpc) is 2.62. The molecule has 0 aliphatic heterocycles. The van der Waals surface area contributed by atoms with Crippen LogP contribution in [0.1, 0.15) is 11.1 Å². The predicted molar refractivity (Wildman–Crippen MR) is 105 cm³/mol. The Morgan fingerprint density at radius 3 is 2.08 bits per heavy atom. The van der Waals surface area contributed by atoms with Crippen molar-refractivity contribution < 1.29 is 8.42 Å². The van der Waals surface area contributed by atoms with E-state index in [1.54, 1.807) is 36.4 Å². The van der Waals surface area contributed by atoms with Gasteiger partial charge in [0, 0.05) is 4.90 Å². The Morgan fingerprint density at radius 2 is 1.44 bits per heavy atom. The number of aryl methyl sites for hydroxylation is 1. The van der Waals surface area contributed by atoms with Crippen LogP contribution >= 0.6 is 12.6 Å². The van der Waals surface area contributed by atoms with Crippen molar-refractivity contribution in [1.29, 1.82) is 0 Å². The van der Waals surface area contributed by atoms with Crippen molar-refractivity contribution in [3.63, 3.8) is 0 Å². The van der Waals surface area contributed by atoms with E-state index in [4.69, 9.17) is 0 Å². The minimum absolute atomic E-state index is 0.245. The zero-order valence-electron chi connectivity index (χ0n) is 13.8. The molecule has 3 nitrogen and oxygen atoms in total. The number of anilines is 1. The van der Waals surface area contributed by atoms with Crippen molar-refractivity contribution in [2.24, 2.45) is 0 Å². The number of thiol groups is 1. The molecule has 0 amide bonds. The van der Waals surface area contributed by atoms with Crippen LogP contribution in [0.3, 0.4) is 0 Å². The minimum Gasteiger partial charge on any atom is -0.261 e. The van der Waals surface area contributed by atoms with Crippen molar-refractivity contribution in [2.75, 3.05) is 4.31 Å². The number of benzene rings is 3. The second-order valence-electron chi connectivity index (χ2n) is 5.80. The number of sulfonamides is 1. The lowest BCUT2D eigenvalue weighted by atomic mass is 10.2. The maximum absolute atomic E-state index is 13.3. The van der Waals surface area contributed by atoms with Gasteiger partial charge in [0.2, 0.25) is 0 Å². The molecule has 0 spiro atoms. The summed E-state index contributed by atoms with van der Waals surface area (Å²) in [6.07, 6.45) is 0. The van der Waals surface area contributed by atoms with E-state index in [1.165, 1.54) is 4.31 Å². The Labute approximate surface area is 154 Å². The van der Waals surface area contributed by atoms with E-state index in [2.05, 4.69) is 12.6 Å². The third-order valence-corrected chi connectivity index (χ3v) is 6.08. The average molecular weight is 370 g/mol. The maximum atomic E-state index is 13.3. The standard InChI is InChI=1S/C20H19NO2S2/c1-16-11-13-18(14-12-16)25(22,23)21(15-17-7-3-2-4-8-17)19-9-5-6-10-20(19)24/h2-14,24H,15H2,1H3. The molecule has 0 heterocycles. The summed E-state index contributed by atoms with van der Waals surface area (Å²) in [5.74, 6) is 0. The molecular formula is C20H19NO2S2. The van der Waals surface area contributed by atoms with E-state index >= 15 is 0 Å². The molecule has 5 heteroatoms. The van der Waals surface area contributed by atoms with E-state index < -0.39 is 10.0 Å². The van der Waals surface area contributed by atoms with Gasteiger partial charge in [-0.3, -0.25) is 4.31 Å². The highest BCUT2D eigenvalue weighted by molar-refractivity contribution is 7.92. The first kappa shape index (κ1) is 17.6. The summed E-state index contributed by atoms with van der Waals surface area (Å²) in [7, 11) is -3.71. The lowest BCUT2D eigenvalue weighted by Gasteiger charge is -2.26. The van der Waals surface area contributed by atoms with E-state index in [0.717, 1.165) is 11.1 Å². The highest BCUT2D eigenvalue weighted by Crippen LogP contribution is 2.31. The van der Waals surface area contributed by atoms with Gasteiger partial charge in [-0.2, -0.15) is 0 Å². The van der Waals surface area contributed by atoms with Crippen LogP contribution in [0.15, 0.2) is 88.7 Å². The van der Waals surface area contributed by atoms with Crippen LogP contribution in [0.4, 0.5) is 5.69 Å². The van der Waals surface area contributed by atoms with Crippen LogP contribution in [-0.2, 0) is 16.6 Å². The quantitative estimate of drug-likeness (QED) is 0.663. The van der Waals surface area contributed by atoms with E-state index in [9.17, 15) is 8.42 Å². The van der Waals surface area contributed by atoms with Crippen molar-refractivity contribution in [3.05, 3.63) is 90.0 Å². The molecule has 3 aromatic carbocycles. The highest BCUT2D eigenvalue weighted by Gasteiger charge is 2.26. The third kappa shape index (κ3) is 3.89. The molecule has 0 atom stereocenters. The zero-order valence-corrected chi connectivity index (χ0v) is 15.5. The molecule has 3 aromatic rings. The van der Waals surface area contributed by atoms with Gasteiger partial charge in [-0.25, -0.2) is 8.42 Å². The Balaban J connectivity index is 2.10. The monoisotopic (exact) mass is 369 g/mol. The molecule has 25 heavy (non-hydrogen) atoms. The molecule has 0 aliphatic rings. The van der Waals surface area contributed by atoms with Crippen molar-refractivity contribution in [1.82, 2.24) is 0 Å². The van der Waals surface area contributed by atoms with E-state index in [-0.39, 0.29) is 11.4 Å². The number of hydrogen-bond donors (Lipinski definition) is 1. The topological polar surface area (TPSA) is 37.4 Å². The zero-order chi connectivity index (χ0) is 17.9. The van der Waals surface area contributed by atoms with Crippen LogP contribution in [-0.4, -0.2) is 8.42 Å². The van der Waals surface area contributed by atoms with Crippen LogP contribution < -0.4 is 4.31 Å². The Morgan fingerprint density at radius 1 is 0.840 bits per heavy atom. The van der Waals surface area contributed by atoms with Crippen molar-refractivity contribution in [2.45, 2.75) is 23.3 Å². The summed E-state index contributed by atoms with van der Waals surface area (Å²) >= 11 is 4.46. The van der Waals surface area contributed by atoms with Crippen molar-refractivity contribution in [3.8, 4) is 0 Å². The van der Waals surface area contributed by atoms with E-state index in [0.29, 0.717) is 10.6 Å². The fourth-order valence-electron chi connectivity index (χ4n) is 2.56. The van der Waals surface area contributed by atoms with Gasteiger partial charge in [0.15, 0.2) is 0 Å². The molecule has 3 rings (SSSR count). The van der Waals surface area contributed by atoms with Gasteiger partial charge in [-0.15, -0.1) is 12.6 Å². The van der Waals surface area contributed by atoms with Crippen LogP contribution in [0.25, 0.3) is 0 Å². The summed E-state index contributed by atoms with van der Waals surface area (Å²) in [6.45, 7) is 2.18. The second-order valence-corrected chi connectivity index (χ2v) is 8.14. The minimum atomic E-state index is -3.71.